The van der Waals surface area contributed by atoms with Crippen LogP contribution in [0.25, 0.3) is 0 Å². The summed E-state index contributed by atoms with van der Waals surface area (Å²) >= 11 is 0. The van der Waals surface area contributed by atoms with Gasteiger partial charge in [0.2, 0.25) is 5.91 Å². The fraction of sp³-hybridized carbons (Fsp3) is 0.188. The average Bonchev–Trinajstić information content (AvgIpc) is 2.51. The first-order valence-corrected chi connectivity index (χ1v) is 7.98. The lowest BCUT2D eigenvalue weighted by atomic mass is 10.0. The van der Waals surface area contributed by atoms with E-state index in [9.17, 15) is 17.8 Å². The van der Waals surface area contributed by atoms with Crippen molar-refractivity contribution >= 4 is 16.7 Å². The summed E-state index contributed by atoms with van der Waals surface area (Å²) < 4.78 is 38.7. The van der Waals surface area contributed by atoms with E-state index >= 15 is 0 Å². The Kier molecular flexibility index (Phi) is 5.38. The van der Waals surface area contributed by atoms with Crippen LogP contribution in [0.1, 0.15) is 16.4 Å². The van der Waals surface area contributed by atoms with Crippen LogP contribution in [0, 0.1) is 11.6 Å². The monoisotopic (exact) mass is 323 g/mol. The molecule has 3 nitrogen and oxygen atoms in total. The molecule has 1 unspecified atom stereocenters. The summed E-state index contributed by atoms with van der Waals surface area (Å²) in [5.74, 6) is -1.35. The molecule has 1 amide bonds. The van der Waals surface area contributed by atoms with Crippen molar-refractivity contribution in [3.63, 3.8) is 0 Å². The molecule has 116 valence electrons. The fourth-order valence-corrected chi connectivity index (χ4v) is 3.55. The molecule has 0 spiro atoms. The van der Waals surface area contributed by atoms with E-state index in [1.54, 1.807) is 0 Å². The molecule has 22 heavy (non-hydrogen) atoms. The lowest BCUT2D eigenvalue weighted by Crippen LogP contribution is -2.26. The van der Waals surface area contributed by atoms with Gasteiger partial charge in [0, 0.05) is 17.8 Å². The number of halogens is 2. The predicted octanol–water partition coefficient (Wildman–Crippen LogP) is 2.55. The van der Waals surface area contributed by atoms with E-state index in [1.807, 2.05) is 0 Å². The van der Waals surface area contributed by atoms with E-state index in [0.717, 1.165) is 0 Å². The Labute approximate surface area is 129 Å². The molecule has 0 aliphatic heterocycles. The van der Waals surface area contributed by atoms with Crippen molar-refractivity contribution in [3.05, 3.63) is 71.3 Å². The summed E-state index contributed by atoms with van der Waals surface area (Å²) in [4.78, 5) is 11.5. The molecule has 0 heterocycles. The number of hydrogen-bond donors (Lipinski definition) is 1. The standard InChI is InChI=1S/C16H15F2NO2S/c1-19-15(20)10-22(21)16(11-2-6-13(17)7-3-11)12-4-8-14(18)9-5-12/h2-9,16H,10H2,1H3,(H,19,20). The van der Waals surface area contributed by atoms with Gasteiger partial charge in [-0.05, 0) is 35.4 Å². The number of benzene rings is 2. The van der Waals surface area contributed by atoms with Crippen LogP contribution in [0.15, 0.2) is 48.5 Å². The number of carbonyl (C=O) groups excluding carboxylic acids is 1. The molecule has 0 aliphatic rings. The fourth-order valence-electron chi connectivity index (χ4n) is 2.06. The average molecular weight is 323 g/mol. The number of amides is 1. The van der Waals surface area contributed by atoms with Gasteiger partial charge in [-0.1, -0.05) is 24.3 Å². The minimum absolute atomic E-state index is 0.185. The van der Waals surface area contributed by atoms with Gasteiger partial charge in [-0.3, -0.25) is 9.00 Å². The van der Waals surface area contributed by atoms with Crippen molar-refractivity contribution in [1.82, 2.24) is 5.32 Å². The number of rotatable bonds is 5. The van der Waals surface area contributed by atoms with Crippen LogP contribution >= 0.6 is 0 Å². The summed E-state index contributed by atoms with van der Waals surface area (Å²) in [5, 5.41) is 1.79. The second kappa shape index (κ2) is 7.26. The molecule has 1 atom stereocenters. The highest BCUT2D eigenvalue weighted by molar-refractivity contribution is 7.86. The Morgan fingerprint density at radius 3 is 1.77 bits per heavy atom. The first-order chi connectivity index (χ1) is 10.5. The number of hydrogen-bond acceptors (Lipinski definition) is 2. The van der Waals surface area contributed by atoms with E-state index in [0.29, 0.717) is 11.1 Å². The van der Waals surface area contributed by atoms with Crippen molar-refractivity contribution in [2.24, 2.45) is 0 Å². The van der Waals surface area contributed by atoms with Gasteiger partial charge in [-0.15, -0.1) is 0 Å². The van der Waals surface area contributed by atoms with Crippen LogP contribution in [0.5, 0.6) is 0 Å². The molecule has 0 bridgehead atoms. The minimum Gasteiger partial charge on any atom is -0.358 e. The maximum absolute atomic E-state index is 13.1. The zero-order valence-corrected chi connectivity index (χ0v) is 12.7. The lowest BCUT2D eigenvalue weighted by molar-refractivity contribution is -0.118. The van der Waals surface area contributed by atoms with Crippen molar-refractivity contribution in [2.75, 3.05) is 12.8 Å². The largest absolute Gasteiger partial charge is 0.358 e. The van der Waals surface area contributed by atoms with Crippen LogP contribution in [0.2, 0.25) is 0 Å². The number of carbonyl (C=O) groups is 1. The van der Waals surface area contributed by atoms with Gasteiger partial charge in [0.05, 0.1) is 5.25 Å². The van der Waals surface area contributed by atoms with Crippen LogP contribution in [0.3, 0.4) is 0 Å². The lowest BCUT2D eigenvalue weighted by Gasteiger charge is -2.17. The Bertz CT molecular complexity index is 626. The maximum Gasteiger partial charge on any atom is 0.232 e. The minimum atomic E-state index is -1.56. The molecular formula is C16H15F2NO2S. The van der Waals surface area contributed by atoms with Gasteiger partial charge in [0.25, 0.3) is 0 Å². The van der Waals surface area contributed by atoms with Gasteiger partial charge < -0.3 is 5.32 Å². The Morgan fingerprint density at radius 2 is 1.41 bits per heavy atom. The third kappa shape index (κ3) is 3.98. The topological polar surface area (TPSA) is 46.2 Å². The summed E-state index contributed by atoms with van der Waals surface area (Å²) in [6.07, 6.45) is 0. The molecule has 0 radical (unpaired) electrons. The van der Waals surface area contributed by atoms with E-state index in [1.165, 1.54) is 55.6 Å². The quantitative estimate of drug-likeness (QED) is 0.919. The zero-order valence-electron chi connectivity index (χ0n) is 11.9. The Morgan fingerprint density at radius 1 is 1.00 bits per heavy atom. The third-order valence-corrected chi connectivity index (χ3v) is 4.78. The van der Waals surface area contributed by atoms with Crippen LogP contribution in [-0.4, -0.2) is 22.9 Å². The van der Waals surface area contributed by atoms with E-state index < -0.39 is 27.7 Å². The molecule has 0 aliphatic carbocycles. The summed E-state index contributed by atoms with van der Waals surface area (Å²) in [7, 11) is -0.0973. The third-order valence-electron chi connectivity index (χ3n) is 3.16. The molecule has 0 saturated carbocycles. The highest BCUT2D eigenvalue weighted by atomic mass is 32.2. The van der Waals surface area contributed by atoms with Gasteiger partial charge in [-0.25, -0.2) is 8.78 Å². The maximum atomic E-state index is 13.1. The van der Waals surface area contributed by atoms with E-state index in [2.05, 4.69) is 5.32 Å². The van der Waals surface area contributed by atoms with Crippen molar-refractivity contribution in [2.45, 2.75) is 5.25 Å². The summed E-state index contributed by atoms with van der Waals surface area (Å²) in [6.45, 7) is 0. The normalized spacial score (nSPS) is 12.2. The second-order valence-electron chi connectivity index (χ2n) is 4.68. The van der Waals surface area contributed by atoms with Crippen molar-refractivity contribution in [1.29, 1.82) is 0 Å². The highest BCUT2D eigenvalue weighted by Gasteiger charge is 2.23. The van der Waals surface area contributed by atoms with Crippen molar-refractivity contribution < 1.29 is 17.8 Å². The van der Waals surface area contributed by atoms with Gasteiger partial charge in [-0.2, -0.15) is 0 Å². The van der Waals surface area contributed by atoms with Crippen LogP contribution in [-0.2, 0) is 15.6 Å². The molecule has 0 fully saturated rings. The van der Waals surface area contributed by atoms with Gasteiger partial charge >= 0.3 is 0 Å². The SMILES string of the molecule is CNC(=O)CS(=O)C(c1ccc(F)cc1)c1ccc(F)cc1. The molecule has 2 rings (SSSR count). The highest BCUT2D eigenvalue weighted by Crippen LogP contribution is 2.28. The van der Waals surface area contributed by atoms with Crippen LogP contribution < -0.4 is 5.32 Å². The molecule has 0 saturated heterocycles. The van der Waals surface area contributed by atoms with E-state index in [4.69, 9.17) is 0 Å². The molecule has 2 aromatic carbocycles. The second-order valence-corrected chi connectivity index (χ2v) is 6.20. The molecular weight excluding hydrogens is 308 g/mol. The number of nitrogens with one attached hydrogen (secondary N) is 1. The summed E-state index contributed by atoms with van der Waals surface area (Å²) in [6, 6.07) is 11.1. The van der Waals surface area contributed by atoms with Gasteiger partial charge in [0.1, 0.15) is 17.4 Å². The smallest absolute Gasteiger partial charge is 0.232 e. The summed E-state index contributed by atoms with van der Waals surface area (Å²) in [5.41, 5.74) is 1.21. The first kappa shape index (κ1) is 16.3. The molecule has 2 aromatic rings. The van der Waals surface area contributed by atoms with Crippen LogP contribution in [0.4, 0.5) is 8.78 Å². The first-order valence-electron chi connectivity index (χ1n) is 6.60. The van der Waals surface area contributed by atoms with Crippen molar-refractivity contribution in [3.8, 4) is 0 Å². The molecule has 0 aromatic heterocycles. The molecule has 1 N–H and O–H groups in total. The van der Waals surface area contributed by atoms with E-state index in [-0.39, 0.29) is 11.7 Å². The predicted molar refractivity (Wildman–Crippen MR) is 81.7 cm³/mol. The Balaban J connectivity index is 2.39. The zero-order chi connectivity index (χ0) is 16.1. The van der Waals surface area contributed by atoms with Gasteiger partial charge in [0.15, 0.2) is 0 Å². The molecule has 6 heteroatoms. The Hall–Kier alpha value is -2.08.